The molecule has 2 fully saturated rings. The summed E-state index contributed by atoms with van der Waals surface area (Å²) in [6, 6.07) is 0. The number of hydrogen-bond donors (Lipinski definition) is 1. The summed E-state index contributed by atoms with van der Waals surface area (Å²) in [5.74, 6) is 1.07. The number of nitrogens with one attached hydrogen (secondary N) is 1. The van der Waals surface area contributed by atoms with Crippen LogP contribution in [0.3, 0.4) is 0 Å². The molecule has 0 spiro atoms. The summed E-state index contributed by atoms with van der Waals surface area (Å²) in [4.78, 5) is 14.6. The Hall–Kier alpha value is -0.280. The summed E-state index contributed by atoms with van der Waals surface area (Å²) < 4.78 is 0. The third-order valence-corrected chi connectivity index (χ3v) is 4.86. The lowest BCUT2D eigenvalue weighted by atomic mass is 9.87. The van der Waals surface area contributed by atoms with Crippen LogP contribution in [-0.2, 0) is 4.79 Å². The molecule has 1 saturated heterocycles. The molecule has 1 amide bonds. The van der Waals surface area contributed by atoms with Gasteiger partial charge in [0.1, 0.15) is 0 Å². The molecular weight excluding hydrogens is 260 g/mol. The molecule has 1 N–H and O–H groups in total. The van der Waals surface area contributed by atoms with E-state index in [1.807, 2.05) is 11.9 Å². The lowest BCUT2D eigenvalue weighted by Gasteiger charge is -2.34. The summed E-state index contributed by atoms with van der Waals surface area (Å²) in [5, 5.41) is 3.45. The Morgan fingerprint density at radius 3 is 2.47 bits per heavy atom. The number of nitrogens with zero attached hydrogens (tertiary/aromatic N) is 1. The van der Waals surface area contributed by atoms with Gasteiger partial charge in [-0.05, 0) is 44.6 Å². The fourth-order valence-corrected chi connectivity index (χ4v) is 3.65. The van der Waals surface area contributed by atoms with Gasteiger partial charge in [0.25, 0.3) is 0 Å². The molecule has 0 aromatic rings. The molecule has 1 aliphatic heterocycles. The van der Waals surface area contributed by atoms with Crippen LogP contribution in [0.4, 0.5) is 0 Å². The Labute approximate surface area is 123 Å². The normalized spacial score (nSPS) is 27.9. The van der Waals surface area contributed by atoms with Crippen LogP contribution >= 0.6 is 12.4 Å². The van der Waals surface area contributed by atoms with Crippen molar-refractivity contribution in [1.82, 2.24) is 10.2 Å². The predicted octanol–water partition coefficient (Wildman–Crippen LogP) is 2.98. The Bertz CT molecular complexity index is 284. The largest absolute Gasteiger partial charge is 0.344 e. The standard InChI is InChI=1S/C15H28N2O.ClH/c1-3-15(10-7-11-16-15)14(18)17(2)12-13-8-5-4-6-9-13;/h13,16H,3-12H2,1-2H3;1H. The first-order valence-corrected chi connectivity index (χ1v) is 7.68. The van der Waals surface area contributed by atoms with Crippen LogP contribution in [0.15, 0.2) is 0 Å². The maximum atomic E-state index is 12.6. The van der Waals surface area contributed by atoms with Crippen molar-refractivity contribution in [2.24, 2.45) is 5.92 Å². The Kier molecular flexibility index (Phi) is 6.61. The topological polar surface area (TPSA) is 32.3 Å². The Balaban J connectivity index is 0.00000180. The molecule has 19 heavy (non-hydrogen) atoms. The molecule has 1 unspecified atom stereocenters. The zero-order chi connectivity index (χ0) is 13.0. The van der Waals surface area contributed by atoms with E-state index in [1.165, 1.54) is 32.1 Å². The first-order chi connectivity index (χ1) is 8.68. The van der Waals surface area contributed by atoms with Crippen LogP contribution in [0.25, 0.3) is 0 Å². The highest BCUT2D eigenvalue weighted by Gasteiger charge is 2.41. The summed E-state index contributed by atoms with van der Waals surface area (Å²) in [6.07, 6.45) is 9.77. The maximum Gasteiger partial charge on any atom is 0.242 e. The highest BCUT2D eigenvalue weighted by atomic mass is 35.5. The van der Waals surface area contributed by atoms with Crippen LogP contribution in [0, 0.1) is 5.92 Å². The Morgan fingerprint density at radius 2 is 1.95 bits per heavy atom. The minimum atomic E-state index is -0.247. The van der Waals surface area contributed by atoms with Crippen molar-refractivity contribution in [3.8, 4) is 0 Å². The van der Waals surface area contributed by atoms with Gasteiger partial charge < -0.3 is 10.2 Å². The van der Waals surface area contributed by atoms with Crippen molar-refractivity contribution in [3.63, 3.8) is 0 Å². The van der Waals surface area contributed by atoms with Crippen LogP contribution in [0.1, 0.15) is 58.3 Å². The number of carbonyl (C=O) groups excluding carboxylic acids is 1. The average Bonchev–Trinajstić information content (AvgIpc) is 2.89. The number of halogens is 1. The van der Waals surface area contributed by atoms with Gasteiger partial charge in [0.15, 0.2) is 0 Å². The van der Waals surface area contributed by atoms with Crippen LogP contribution < -0.4 is 5.32 Å². The lowest BCUT2D eigenvalue weighted by molar-refractivity contribution is -0.137. The minimum absolute atomic E-state index is 0. The molecule has 1 atom stereocenters. The van der Waals surface area contributed by atoms with Crippen molar-refractivity contribution in [2.75, 3.05) is 20.1 Å². The molecule has 112 valence electrons. The van der Waals surface area contributed by atoms with E-state index in [4.69, 9.17) is 0 Å². The van der Waals surface area contributed by atoms with Gasteiger partial charge in [-0.3, -0.25) is 4.79 Å². The molecule has 2 aliphatic rings. The van der Waals surface area contributed by atoms with E-state index in [-0.39, 0.29) is 17.9 Å². The van der Waals surface area contributed by atoms with E-state index in [9.17, 15) is 4.79 Å². The fourth-order valence-electron chi connectivity index (χ4n) is 3.65. The van der Waals surface area contributed by atoms with Gasteiger partial charge in [-0.25, -0.2) is 0 Å². The molecule has 0 aromatic carbocycles. The summed E-state index contributed by atoms with van der Waals surface area (Å²) in [7, 11) is 1.99. The highest BCUT2D eigenvalue weighted by molar-refractivity contribution is 5.86. The molecule has 4 heteroatoms. The Morgan fingerprint density at radius 1 is 1.26 bits per heavy atom. The van der Waals surface area contributed by atoms with Gasteiger partial charge in [-0.2, -0.15) is 0 Å². The molecular formula is C15H29ClN2O. The second kappa shape index (κ2) is 7.49. The van der Waals surface area contributed by atoms with Crippen molar-refractivity contribution >= 4 is 18.3 Å². The van der Waals surface area contributed by atoms with Crippen LogP contribution in [-0.4, -0.2) is 36.5 Å². The zero-order valence-electron chi connectivity index (χ0n) is 12.4. The smallest absolute Gasteiger partial charge is 0.242 e. The molecule has 0 bridgehead atoms. The first kappa shape index (κ1) is 16.8. The van der Waals surface area contributed by atoms with E-state index in [0.717, 1.165) is 38.3 Å². The van der Waals surface area contributed by atoms with Crippen molar-refractivity contribution in [3.05, 3.63) is 0 Å². The number of rotatable bonds is 4. The molecule has 2 rings (SSSR count). The molecule has 1 aliphatic carbocycles. The zero-order valence-corrected chi connectivity index (χ0v) is 13.2. The summed E-state index contributed by atoms with van der Waals surface area (Å²) >= 11 is 0. The lowest BCUT2D eigenvalue weighted by Crippen LogP contribution is -2.54. The van der Waals surface area contributed by atoms with Crippen molar-refractivity contribution < 1.29 is 4.79 Å². The van der Waals surface area contributed by atoms with Crippen molar-refractivity contribution in [2.45, 2.75) is 63.8 Å². The number of carbonyl (C=O) groups is 1. The van der Waals surface area contributed by atoms with Crippen LogP contribution in [0.2, 0.25) is 0 Å². The maximum absolute atomic E-state index is 12.6. The van der Waals surface area contributed by atoms with Gasteiger partial charge in [-0.1, -0.05) is 26.2 Å². The van der Waals surface area contributed by atoms with Gasteiger partial charge >= 0.3 is 0 Å². The predicted molar refractivity (Wildman–Crippen MR) is 81.7 cm³/mol. The first-order valence-electron chi connectivity index (χ1n) is 7.68. The second-order valence-corrected chi connectivity index (χ2v) is 6.16. The average molecular weight is 289 g/mol. The highest BCUT2D eigenvalue weighted by Crippen LogP contribution is 2.28. The van der Waals surface area contributed by atoms with E-state index in [1.54, 1.807) is 0 Å². The van der Waals surface area contributed by atoms with E-state index >= 15 is 0 Å². The molecule has 1 heterocycles. The van der Waals surface area contributed by atoms with Gasteiger partial charge in [0, 0.05) is 13.6 Å². The van der Waals surface area contributed by atoms with E-state index in [0.29, 0.717) is 5.91 Å². The number of hydrogen-bond acceptors (Lipinski definition) is 2. The SMILES string of the molecule is CCC1(C(=O)N(C)CC2CCCCC2)CCCN1.Cl. The molecule has 0 radical (unpaired) electrons. The second-order valence-electron chi connectivity index (χ2n) is 6.16. The number of amides is 1. The fraction of sp³-hybridized carbons (Fsp3) is 0.933. The van der Waals surface area contributed by atoms with Gasteiger partial charge in [0.2, 0.25) is 5.91 Å². The molecule has 0 aromatic heterocycles. The van der Waals surface area contributed by atoms with Crippen LogP contribution in [0.5, 0.6) is 0 Å². The third kappa shape index (κ3) is 3.85. The quantitative estimate of drug-likeness (QED) is 0.862. The minimum Gasteiger partial charge on any atom is -0.344 e. The van der Waals surface area contributed by atoms with E-state index in [2.05, 4.69) is 12.2 Å². The third-order valence-electron chi connectivity index (χ3n) is 4.86. The van der Waals surface area contributed by atoms with Crippen molar-refractivity contribution in [1.29, 1.82) is 0 Å². The molecule has 3 nitrogen and oxygen atoms in total. The summed E-state index contributed by atoms with van der Waals surface area (Å²) in [5.41, 5.74) is -0.247. The van der Waals surface area contributed by atoms with Gasteiger partial charge in [0.05, 0.1) is 5.54 Å². The number of likely N-dealkylation sites (N-methyl/N-ethyl adjacent to an activating group) is 1. The van der Waals surface area contributed by atoms with E-state index < -0.39 is 0 Å². The van der Waals surface area contributed by atoms with Gasteiger partial charge in [-0.15, -0.1) is 12.4 Å². The molecule has 1 saturated carbocycles. The monoisotopic (exact) mass is 288 g/mol. The summed E-state index contributed by atoms with van der Waals surface area (Å²) in [6.45, 7) is 4.09.